The molecular weight excluding hydrogens is 352 g/mol. The molecule has 1 fully saturated rings. The highest BCUT2D eigenvalue weighted by molar-refractivity contribution is 8.16. The molecule has 3 rings (SSSR count). The number of carbonyl (C=O) groups excluding carboxylic acids is 3. The second-order valence-electron chi connectivity index (χ2n) is 6.09. The highest BCUT2D eigenvalue weighted by Gasteiger charge is 2.44. The molecule has 1 aliphatic heterocycles. The van der Waals surface area contributed by atoms with Crippen molar-refractivity contribution in [3.05, 3.63) is 59.7 Å². The zero-order chi connectivity index (χ0) is 18.8. The molecule has 2 amide bonds. The van der Waals surface area contributed by atoms with E-state index in [1.165, 1.54) is 4.90 Å². The first-order valence-corrected chi connectivity index (χ1v) is 8.89. The lowest BCUT2D eigenvalue weighted by Gasteiger charge is -2.29. The van der Waals surface area contributed by atoms with Crippen molar-refractivity contribution < 1.29 is 19.5 Å². The third-order valence-corrected chi connectivity index (χ3v) is 5.07. The number of anilines is 2. The molecule has 2 aromatic rings. The molecule has 0 radical (unpaired) electrons. The van der Waals surface area contributed by atoms with Crippen molar-refractivity contribution in [2.75, 3.05) is 16.3 Å². The van der Waals surface area contributed by atoms with Crippen LogP contribution in [0.5, 0.6) is 0 Å². The van der Waals surface area contributed by atoms with Gasteiger partial charge in [0, 0.05) is 5.69 Å². The molecule has 1 saturated heterocycles. The van der Waals surface area contributed by atoms with Crippen LogP contribution in [0.1, 0.15) is 11.1 Å². The van der Waals surface area contributed by atoms with E-state index < -0.39 is 29.0 Å². The average molecular weight is 369 g/mol. The molecule has 0 N–H and O–H groups in total. The Morgan fingerprint density at radius 1 is 1.12 bits per heavy atom. The molecule has 0 saturated carbocycles. The molecule has 2 aromatic carbocycles. The van der Waals surface area contributed by atoms with Gasteiger partial charge in [-0.15, -0.1) is 0 Å². The number of imide groups is 1. The second-order valence-corrected chi connectivity index (χ2v) is 7.12. The van der Waals surface area contributed by atoms with E-state index in [1.54, 1.807) is 36.4 Å². The van der Waals surface area contributed by atoms with Crippen LogP contribution in [0, 0.1) is 13.8 Å². The molecule has 7 heteroatoms. The molecule has 26 heavy (non-hydrogen) atoms. The lowest BCUT2D eigenvalue weighted by Crippen LogP contribution is -2.47. The van der Waals surface area contributed by atoms with Crippen molar-refractivity contribution in [3.8, 4) is 0 Å². The summed E-state index contributed by atoms with van der Waals surface area (Å²) in [6.45, 7) is 3.25. The summed E-state index contributed by atoms with van der Waals surface area (Å²) in [7, 11) is 0. The van der Waals surface area contributed by atoms with Crippen molar-refractivity contribution in [1.82, 2.24) is 0 Å². The average Bonchev–Trinajstić information content (AvgIpc) is 2.87. The second kappa shape index (κ2) is 7.21. The van der Waals surface area contributed by atoms with Crippen LogP contribution in [-0.4, -0.2) is 29.0 Å². The Morgan fingerprint density at radius 2 is 1.77 bits per heavy atom. The van der Waals surface area contributed by atoms with Crippen LogP contribution in [0.15, 0.2) is 48.5 Å². The van der Waals surface area contributed by atoms with Crippen LogP contribution in [0.4, 0.5) is 16.2 Å². The van der Waals surface area contributed by atoms with Crippen molar-refractivity contribution in [2.45, 2.75) is 19.2 Å². The SMILES string of the molecule is Cc1cccc(N2C(=O)S[C@H](N(CC(=O)[O-])c3cccc(C)c3)C2=O)c1. The zero-order valence-corrected chi connectivity index (χ0v) is 15.2. The summed E-state index contributed by atoms with van der Waals surface area (Å²) >= 11 is 0.806. The molecule has 1 atom stereocenters. The van der Waals surface area contributed by atoms with Gasteiger partial charge in [0.05, 0.1) is 18.2 Å². The molecular formula is C19H17N2O4S-. The van der Waals surface area contributed by atoms with Gasteiger partial charge in [0.1, 0.15) is 0 Å². The van der Waals surface area contributed by atoms with E-state index in [2.05, 4.69) is 0 Å². The lowest BCUT2D eigenvalue weighted by atomic mass is 10.2. The Morgan fingerprint density at radius 3 is 2.38 bits per heavy atom. The standard InChI is InChI=1S/C19H18N2O4S/c1-12-5-3-7-14(9-12)20(11-16(22)23)18-17(24)21(19(25)26-18)15-8-4-6-13(2)10-15/h3-10,18H,11H2,1-2H3,(H,22,23)/p-1/t18-/m0/s1. The minimum Gasteiger partial charge on any atom is -0.548 e. The summed E-state index contributed by atoms with van der Waals surface area (Å²) in [5, 5.41) is 9.85. The minimum atomic E-state index is -1.32. The maximum atomic E-state index is 12.9. The fraction of sp³-hybridized carbons (Fsp3) is 0.211. The Kier molecular flexibility index (Phi) is 4.99. The van der Waals surface area contributed by atoms with Gasteiger partial charge in [0.15, 0.2) is 5.37 Å². The Labute approximate surface area is 155 Å². The number of aryl methyl sites for hydroxylation is 2. The Hall–Kier alpha value is -2.80. The largest absolute Gasteiger partial charge is 0.548 e. The van der Waals surface area contributed by atoms with Gasteiger partial charge in [-0.05, 0) is 61.0 Å². The topological polar surface area (TPSA) is 80.8 Å². The maximum absolute atomic E-state index is 12.9. The van der Waals surface area contributed by atoms with Gasteiger partial charge >= 0.3 is 0 Å². The van der Waals surface area contributed by atoms with Crippen molar-refractivity contribution in [3.63, 3.8) is 0 Å². The van der Waals surface area contributed by atoms with Gasteiger partial charge < -0.3 is 14.8 Å². The smallest absolute Gasteiger partial charge is 0.295 e. The lowest BCUT2D eigenvalue weighted by molar-refractivity contribution is -0.303. The Balaban J connectivity index is 1.96. The summed E-state index contributed by atoms with van der Waals surface area (Å²) in [4.78, 5) is 39.1. The van der Waals surface area contributed by atoms with Gasteiger partial charge in [0.2, 0.25) is 0 Å². The predicted octanol–water partition coefficient (Wildman–Crippen LogP) is 2.09. The number of nitrogens with zero attached hydrogens (tertiary/aromatic N) is 2. The predicted molar refractivity (Wildman–Crippen MR) is 99.0 cm³/mol. The van der Waals surface area contributed by atoms with Gasteiger partial charge in [-0.25, -0.2) is 4.90 Å². The fourth-order valence-electron chi connectivity index (χ4n) is 2.85. The van der Waals surface area contributed by atoms with Crippen LogP contribution < -0.4 is 14.9 Å². The summed E-state index contributed by atoms with van der Waals surface area (Å²) in [6, 6.07) is 14.2. The van der Waals surface area contributed by atoms with E-state index in [-0.39, 0.29) is 0 Å². The van der Waals surface area contributed by atoms with Crippen molar-refractivity contribution >= 4 is 40.3 Å². The number of rotatable bonds is 5. The number of benzene rings is 2. The molecule has 1 aliphatic rings. The van der Waals surface area contributed by atoms with Gasteiger partial charge in [0.25, 0.3) is 11.1 Å². The van der Waals surface area contributed by atoms with E-state index in [4.69, 9.17) is 0 Å². The Bertz CT molecular complexity index is 883. The molecule has 6 nitrogen and oxygen atoms in total. The van der Waals surface area contributed by atoms with E-state index in [0.29, 0.717) is 11.4 Å². The van der Waals surface area contributed by atoms with E-state index >= 15 is 0 Å². The number of hydrogen-bond acceptors (Lipinski definition) is 6. The molecule has 1 heterocycles. The summed E-state index contributed by atoms with van der Waals surface area (Å²) in [5.41, 5.74) is 2.87. The summed E-state index contributed by atoms with van der Waals surface area (Å²) in [6.07, 6.45) is 0. The molecule has 0 unspecified atom stereocenters. The zero-order valence-electron chi connectivity index (χ0n) is 14.3. The molecule has 0 bridgehead atoms. The normalized spacial score (nSPS) is 16.8. The monoisotopic (exact) mass is 369 g/mol. The van der Waals surface area contributed by atoms with Gasteiger partial charge in [-0.1, -0.05) is 24.3 Å². The van der Waals surface area contributed by atoms with E-state index in [0.717, 1.165) is 27.8 Å². The number of thioether (sulfide) groups is 1. The number of carboxylic acid groups (broad SMARTS) is 1. The molecule has 0 aromatic heterocycles. The van der Waals surface area contributed by atoms with Crippen molar-refractivity contribution in [1.29, 1.82) is 0 Å². The summed E-state index contributed by atoms with van der Waals surface area (Å²) in [5.74, 6) is -1.78. The number of carbonyl (C=O) groups is 3. The van der Waals surface area contributed by atoms with E-state index in [1.807, 2.05) is 26.0 Å². The number of carboxylic acids is 1. The summed E-state index contributed by atoms with van der Waals surface area (Å²) < 4.78 is 0. The molecule has 0 aliphatic carbocycles. The fourth-order valence-corrected chi connectivity index (χ4v) is 3.87. The quantitative estimate of drug-likeness (QED) is 0.803. The van der Waals surface area contributed by atoms with Crippen molar-refractivity contribution in [2.24, 2.45) is 0 Å². The van der Waals surface area contributed by atoms with E-state index in [9.17, 15) is 19.5 Å². The highest BCUT2D eigenvalue weighted by Crippen LogP contribution is 2.36. The number of hydrogen-bond donors (Lipinski definition) is 0. The van der Waals surface area contributed by atoms with Crippen LogP contribution >= 0.6 is 11.8 Å². The number of amides is 2. The van der Waals surface area contributed by atoms with Gasteiger partial charge in [-0.2, -0.15) is 0 Å². The van der Waals surface area contributed by atoms with Crippen LogP contribution in [0.3, 0.4) is 0 Å². The third kappa shape index (κ3) is 3.57. The van der Waals surface area contributed by atoms with Crippen LogP contribution in [0.25, 0.3) is 0 Å². The first-order chi connectivity index (χ1) is 12.4. The molecule has 134 valence electrons. The first-order valence-electron chi connectivity index (χ1n) is 8.01. The molecule has 0 spiro atoms. The third-order valence-electron chi connectivity index (χ3n) is 4.00. The van der Waals surface area contributed by atoms with Gasteiger partial charge in [-0.3, -0.25) is 9.59 Å². The minimum absolute atomic E-state index is 0.429. The van der Waals surface area contributed by atoms with Crippen LogP contribution in [0.2, 0.25) is 0 Å². The highest BCUT2D eigenvalue weighted by atomic mass is 32.2. The number of aliphatic carboxylic acids is 1. The maximum Gasteiger partial charge on any atom is 0.295 e. The van der Waals surface area contributed by atoms with Crippen LogP contribution in [-0.2, 0) is 9.59 Å². The first kappa shape index (κ1) is 18.0.